The van der Waals surface area contributed by atoms with Gasteiger partial charge in [0.25, 0.3) is 5.56 Å². The highest BCUT2D eigenvalue weighted by molar-refractivity contribution is 5.39. The van der Waals surface area contributed by atoms with Crippen LogP contribution in [0.3, 0.4) is 0 Å². The van der Waals surface area contributed by atoms with Crippen molar-refractivity contribution in [2.24, 2.45) is 11.3 Å². The molecule has 2 aromatic rings. The van der Waals surface area contributed by atoms with E-state index in [9.17, 15) is 4.79 Å². The third kappa shape index (κ3) is 5.07. The van der Waals surface area contributed by atoms with Gasteiger partial charge in [0.15, 0.2) is 0 Å². The predicted molar refractivity (Wildman–Crippen MR) is 131 cm³/mol. The number of aromatic nitrogens is 2. The first-order valence-corrected chi connectivity index (χ1v) is 12.2. The fraction of sp³-hybridized carbons (Fsp3) is 0.615. The quantitative estimate of drug-likeness (QED) is 0.752. The molecule has 2 fully saturated rings. The van der Waals surface area contributed by atoms with Crippen LogP contribution in [0.25, 0.3) is 0 Å². The van der Waals surface area contributed by atoms with Crippen LogP contribution in [-0.4, -0.2) is 59.1 Å². The summed E-state index contributed by atoms with van der Waals surface area (Å²) in [4.78, 5) is 22.2. The molecule has 0 saturated carbocycles. The number of piperidine rings is 2. The minimum atomic E-state index is -0.0856. The van der Waals surface area contributed by atoms with Crippen LogP contribution < -0.4 is 11.3 Å². The first-order valence-electron chi connectivity index (χ1n) is 12.2. The Morgan fingerprint density at radius 1 is 1.16 bits per heavy atom. The first kappa shape index (κ1) is 23.0. The van der Waals surface area contributed by atoms with Crippen molar-refractivity contribution in [2.75, 3.05) is 45.5 Å². The summed E-state index contributed by atoms with van der Waals surface area (Å²) in [5, 5.41) is 0. The number of rotatable bonds is 6. The second kappa shape index (κ2) is 9.75. The molecule has 2 aliphatic rings. The molecular formula is C26H39N5O. The zero-order valence-electron chi connectivity index (χ0n) is 20.0. The molecule has 1 aromatic carbocycles. The summed E-state index contributed by atoms with van der Waals surface area (Å²) >= 11 is 0. The molecule has 2 atom stereocenters. The van der Waals surface area contributed by atoms with Crippen LogP contribution in [0, 0.1) is 11.3 Å². The number of hydrogen-bond donors (Lipinski definition) is 1. The van der Waals surface area contributed by atoms with E-state index in [0.29, 0.717) is 36.2 Å². The molecule has 0 bridgehead atoms. The summed E-state index contributed by atoms with van der Waals surface area (Å²) in [7, 11) is 2.25. The number of anilines is 1. The van der Waals surface area contributed by atoms with Crippen LogP contribution in [-0.2, 0) is 13.0 Å². The average Bonchev–Trinajstić information content (AvgIpc) is 2.80. The highest BCUT2D eigenvalue weighted by atomic mass is 16.1. The second-order valence-electron chi connectivity index (χ2n) is 10.3. The number of likely N-dealkylation sites (tertiary alicyclic amines) is 2. The average molecular weight is 438 g/mol. The Morgan fingerprint density at radius 2 is 1.88 bits per heavy atom. The van der Waals surface area contributed by atoms with E-state index in [1.165, 1.54) is 25.1 Å². The van der Waals surface area contributed by atoms with Crippen molar-refractivity contribution >= 4 is 5.69 Å². The zero-order chi connectivity index (χ0) is 22.7. The molecule has 0 radical (unpaired) electrons. The number of nitrogen functional groups attached to an aromatic ring is 1. The second-order valence-corrected chi connectivity index (χ2v) is 10.3. The fourth-order valence-corrected chi connectivity index (χ4v) is 5.57. The Kier molecular flexibility index (Phi) is 7.01. The lowest BCUT2D eigenvalue weighted by atomic mass is 9.78. The van der Waals surface area contributed by atoms with Crippen molar-refractivity contribution in [3.05, 3.63) is 58.3 Å². The fourth-order valence-electron chi connectivity index (χ4n) is 5.57. The Morgan fingerprint density at radius 3 is 2.56 bits per heavy atom. The monoisotopic (exact) mass is 437 g/mol. The van der Waals surface area contributed by atoms with Crippen LogP contribution >= 0.6 is 0 Å². The zero-order valence-corrected chi connectivity index (χ0v) is 20.0. The van der Waals surface area contributed by atoms with Crippen molar-refractivity contribution in [1.29, 1.82) is 0 Å². The molecule has 1 unspecified atom stereocenters. The molecule has 6 nitrogen and oxygen atoms in total. The van der Waals surface area contributed by atoms with Crippen molar-refractivity contribution < 1.29 is 0 Å². The normalized spacial score (nSPS) is 24.5. The summed E-state index contributed by atoms with van der Waals surface area (Å²) < 4.78 is 1.73. The third-order valence-electron chi connectivity index (χ3n) is 7.78. The SMILES string of the molecule is CCc1ncn(CC2(C)CCN(C[C@@H]3CCN(C)CC3c3ccccc3)CC2)c(=O)c1N. The van der Waals surface area contributed by atoms with Crippen molar-refractivity contribution in [3.8, 4) is 0 Å². The lowest BCUT2D eigenvalue weighted by molar-refractivity contribution is 0.0712. The van der Waals surface area contributed by atoms with E-state index in [1.807, 2.05) is 6.92 Å². The highest BCUT2D eigenvalue weighted by Gasteiger charge is 2.35. The minimum absolute atomic E-state index is 0.0856. The van der Waals surface area contributed by atoms with Gasteiger partial charge in [-0.25, -0.2) is 4.98 Å². The molecule has 2 N–H and O–H groups in total. The summed E-state index contributed by atoms with van der Waals surface area (Å²) in [6.07, 6.45) is 5.83. The van der Waals surface area contributed by atoms with Crippen molar-refractivity contribution in [1.82, 2.24) is 19.4 Å². The maximum atomic E-state index is 12.7. The van der Waals surface area contributed by atoms with Gasteiger partial charge in [-0.1, -0.05) is 44.2 Å². The van der Waals surface area contributed by atoms with E-state index in [-0.39, 0.29) is 11.0 Å². The Hall–Kier alpha value is -2.18. The lowest BCUT2D eigenvalue weighted by Crippen LogP contribution is -2.46. The van der Waals surface area contributed by atoms with Crippen molar-refractivity contribution in [2.45, 2.75) is 52.0 Å². The molecule has 6 heteroatoms. The standard InChI is InChI=1S/C26H39N5O/c1-4-23-24(27)25(32)31(19-28-23)18-26(2)11-14-30(15-12-26)16-21-10-13-29(3)17-22(21)20-8-6-5-7-9-20/h5-9,19,21-22H,4,10-18,27H2,1-3H3/t21-,22?/m0/s1. The third-order valence-corrected chi connectivity index (χ3v) is 7.78. The van der Waals surface area contributed by atoms with Gasteiger partial charge >= 0.3 is 0 Å². The molecule has 2 saturated heterocycles. The van der Waals surface area contributed by atoms with Gasteiger partial charge in [0.1, 0.15) is 5.69 Å². The summed E-state index contributed by atoms with van der Waals surface area (Å²) in [5.74, 6) is 1.30. The van der Waals surface area contributed by atoms with Gasteiger partial charge in [0, 0.05) is 25.6 Å². The largest absolute Gasteiger partial charge is 0.393 e. The van der Waals surface area contributed by atoms with Gasteiger partial charge in [-0.3, -0.25) is 9.36 Å². The number of aryl methyl sites for hydroxylation is 1. The van der Waals surface area contributed by atoms with E-state index >= 15 is 0 Å². The minimum Gasteiger partial charge on any atom is -0.393 e. The number of likely N-dealkylation sites (N-methyl/N-ethyl adjacent to an activating group) is 1. The van der Waals surface area contributed by atoms with Crippen LogP contribution in [0.5, 0.6) is 0 Å². The summed E-state index contributed by atoms with van der Waals surface area (Å²) in [6.45, 7) is 10.7. The van der Waals surface area contributed by atoms with E-state index in [0.717, 1.165) is 32.5 Å². The summed E-state index contributed by atoms with van der Waals surface area (Å²) in [6, 6.07) is 11.0. The molecule has 0 spiro atoms. The van der Waals surface area contributed by atoms with E-state index < -0.39 is 0 Å². The molecule has 0 aliphatic carbocycles. The van der Waals surface area contributed by atoms with Gasteiger partial charge in [-0.05, 0) is 69.3 Å². The topological polar surface area (TPSA) is 67.4 Å². The van der Waals surface area contributed by atoms with Crippen LogP contribution in [0.4, 0.5) is 5.69 Å². The molecule has 2 aliphatic heterocycles. The number of nitrogens with zero attached hydrogens (tertiary/aromatic N) is 4. The predicted octanol–water partition coefficient (Wildman–Crippen LogP) is 3.23. The highest BCUT2D eigenvalue weighted by Crippen LogP contribution is 2.36. The molecule has 3 heterocycles. The van der Waals surface area contributed by atoms with Crippen LogP contribution in [0.15, 0.2) is 41.5 Å². The molecule has 32 heavy (non-hydrogen) atoms. The Labute approximate surface area is 192 Å². The Balaban J connectivity index is 1.38. The molecule has 4 rings (SSSR count). The maximum Gasteiger partial charge on any atom is 0.276 e. The molecule has 174 valence electrons. The van der Waals surface area contributed by atoms with Crippen LogP contribution in [0.1, 0.15) is 50.3 Å². The summed E-state index contributed by atoms with van der Waals surface area (Å²) in [5.41, 5.74) is 8.54. The maximum absolute atomic E-state index is 12.7. The number of hydrogen-bond acceptors (Lipinski definition) is 5. The van der Waals surface area contributed by atoms with Gasteiger partial charge in [-0.2, -0.15) is 0 Å². The smallest absolute Gasteiger partial charge is 0.276 e. The number of nitrogens with two attached hydrogens (primary N) is 1. The van der Waals surface area contributed by atoms with E-state index in [4.69, 9.17) is 5.73 Å². The van der Waals surface area contributed by atoms with E-state index in [2.05, 4.69) is 59.1 Å². The van der Waals surface area contributed by atoms with Gasteiger partial charge in [0.05, 0.1) is 12.0 Å². The van der Waals surface area contributed by atoms with Crippen molar-refractivity contribution in [3.63, 3.8) is 0 Å². The van der Waals surface area contributed by atoms with Gasteiger partial charge in [0.2, 0.25) is 0 Å². The van der Waals surface area contributed by atoms with Gasteiger partial charge in [-0.15, -0.1) is 0 Å². The van der Waals surface area contributed by atoms with Gasteiger partial charge < -0.3 is 15.5 Å². The molecule has 0 amide bonds. The lowest BCUT2D eigenvalue weighted by Gasteiger charge is -2.44. The number of benzene rings is 1. The first-order chi connectivity index (χ1) is 15.4. The molecule has 1 aromatic heterocycles. The Bertz CT molecular complexity index is 948. The van der Waals surface area contributed by atoms with Crippen LogP contribution in [0.2, 0.25) is 0 Å². The molecular weight excluding hydrogens is 398 g/mol. The van der Waals surface area contributed by atoms with E-state index in [1.54, 1.807) is 10.9 Å².